The van der Waals surface area contributed by atoms with Gasteiger partial charge in [0.25, 0.3) is 0 Å². The molecule has 0 aliphatic heterocycles. The lowest BCUT2D eigenvalue weighted by Gasteiger charge is -2.05. The topological polar surface area (TPSA) is 52.1 Å². The van der Waals surface area contributed by atoms with Crippen molar-refractivity contribution in [2.45, 2.75) is 25.2 Å². The van der Waals surface area contributed by atoms with Crippen LogP contribution in [0.4, 0.5) is 0 Å². The number of nitrogens with zero attached hydrogens (tertiary/aromatic N) is 2. The highest BCUT2D eigenvalue weighted by Gasteiger charge is 2.27. The molecule has 2 rings (SSSR count). The largest absolute Gasteiger partial charge is 0.481 e. The highest BCUT2D eigenvalue weighted by atomic mass is 16.5. The van der Waals surface area contributed by atoms with Crippen LogP contribution in [0.1, 0.15) is 30.1 Å². The molecular weight excluding hydrogens is 180 g/mol. The fourth-order valence-electron chi connectivity index (χ4n) is 1.35. The van der Waals surface area contributed by atoms with Gasteiger partial charge in [0, 0.05) is 24.1 Å². The molecule has 1 fully saturated rings. The average molecular weight is 192 g/mol. The summed E-state index contributed by atoms with van der Waals surface area (Å²) in [5.41, 5.74) is 0.756. The van der Waals surface area contributed by atoms with Crippen LogP contribution in [0.2, 0.25) is 0 Å². The van der Waals surface area contributed by atoms with E-state index >= 15 is 0 Å². The molecule has 0 atom stereocenters. The van der Waals surface area contributed by atoms with Crippen LogP contribution < -0.4 is 4.74 Å². The van der Waals surface area contributed by atoms with E-state index in [9.17, 15) is 4.79 Å². The Labute approximate surface area is 82.3 Å². The van der Waals surface area contributed by atoms with E-state index in [0.717, 1.165) is 30.5 Å². The van der Waals surface area contributed by atoms with Crippen molar-refractivity contribution in [3.05, 3.63) is 17.6 Å². The van der Waals surface area contributed by atoms with Gasteiger partial charge in [-0.2, -0.15) is 4.98 Å². The predicted octanol–water partition coefficient (Wildman–Crippen LogP) is 1.10. The van der Waals surface area contributed by atoms with Crippen molar-refractivity contribution in [3.63, 3.8) is 0 Å². The van der Waals surface area contributed by atoms with Crippen LogP contribution in [0.5, 0.6) is 5.88 Å². The number of rotatable bonds is 4. The number of methoxy groups -OCH3 is 1. The molecule has 14 heavy (non-hydrogen) atoms. The van der Waals surface area contributed by atoms with E-state index < -0.39 is 0 Å². The molecule has 0 radical (unpaired) electrons. The molecule has 4 heteroatoms. The second-order valence-corrected chi connectivity index (χ2v) is 3.41. The molecule has 0 unspecified atom stereocenters. The fourth-order valence-corrected chi connectivity index (χ4v) is 1.35. The molecule has 4 nitrogen and oxygen atoms in total. The van der Waals surface area contributed by atoms with Crippen molar-refractivity contribution < 1.29 is 9.53 Å². The number of hydrogen-bond acceptors (Lipinski definition) is 4. The first kappa shape index (κ1) is 9.12. The summed E-state index contributed by atoms with van der Waals surface area (Å²) >= 11 is 0. The molecular formula is C10H12N2O2. The number of ether oxygens (including phenoxy) is 1. The van der Waals surface area contributed by atoms with Gasteiger partial charge in [-0.1, -0.05) is 0 Å². The van der Waals surface area contributed by atoms with Gasteiger partial charge in [-0.05, 0) is 12.8 Å². The molecule has 0 amide bonds. The Morgan fingerprint density at radius 3 is 3.00 bits per heavy atom. The first-order valence-corrected chi connectivity index (χ1v) is 4.68. The first-order chi connectivity index (χ1) is 6.85. The summed E-state index contributed by atoms with van der Waals surface area (Å²) in [5.74, 6) is 1.89. The Morgan fingerprint density at radius 1 is 1.64 bits per heavy atom. The quantitative estimate of drug-likeness (QED) is 0.670. The highest BCUT2D eigenvalue weighted by Crippen LogP contribution is 2.38. The molecule has 0 saturated heterocycles. The molecule has 74 valence electrons. The molecule has 0 aromatic carbocycles. The highest BCUT2D eigenvalue weighted by molar-refractivity contribution is 5.56. The monoisotopic (exact) mass is 192 g/mol. The number of carbonyl (C=O) groups is 1. The summed E-state index contributed by atoms with van der Waals surface area (Å²) < 4.78 is 5.11. The Hall–Kier alpha value is -1.45. The standard InChI is InChI=1S/C10H12N2O2/c1-14-10-8(4-5-13)6-11-9(12-10)7-2-3-7/h5-7H,2-4H2,1H3. The predicted molar refractivity (Wildman–Crippen MR) is 50.3 cm³/mol. The maximum atomic E-state index is 10.4. The van der Waals surface area contributed by atoms with Crippen LogP contribution in [0.15, 0.2) is 6.20 Å². The molecule has 0 spiro atoms. The molecule has 1 aliphatic carbocycles. The molecule has 1 aliphatic rings. The molecule has 1 heterocycles. The van der Waals surface area contributed by atoms with E-state index in [4.69, 9.17) is 4.74 Å². The Morgan fingerprint density at radius 2 is 2.43 bits per heavy atom. The van der Waals surface area contributed by atoms with Crippen LogP contribution in [0, 0.1) is 0 Å². The molecule has 0 bridgehead atoms. The minimum atomic E-state index is 0.314. The fraction of sp³-hybridized carbons (Fsp3) is 0.500. The maximum Gasteiger partial charge on any atom is 0.220 e. The van der Waals surface area contributed by atoms with Crippen molar-refractivity contribution in [1.82, 2.24) is 9.97 Å². The lowest BCUT2D eigenvalue weighted by molar-refractivity contribution is -0.107. The van der Waals surface area contributed by atoms with E-state index in [0.29, 0.717) is 18.2 Å². The number of hydrogen-bond donors (Lipinski definition) is 0. The van der Waals surface area contributed by atoms with Gasteiger partial charge in [0.05, 0.1) is 7.11 Å². The van der Waals surface area contributed by atoms with Crippen molar-refractivity contribution in [1.29, 1.82) is 0 Å². The first-order valence-electron chi connectivity index (χ1n) is 4.68. The zero-order chi connectivity index (χ0) is 9.97. The van der Waals surface area contributed by atoms with Crippen LogP contribution in [-0.4, -0.2) is 23.4 Å². The molecule has 1 saturated carbocycles. The SMILES string of the molecule is COc1nc(C2CC2)ncc1CC=O. The van der Waals surface area contributed by atoms with Gasteiger partial charge in [-0.25, -0.2) is 4.98 Å². The summed E-state index contributed by atoms with van der Waals surface area (Å²) in [6.07, 6.45) is 5.16. The Bertz CT molecular complexity index is 348. The zero-order valence-electron chi connectivity index (χ0n) is 8.06. The smallest absolute Gasteiger partial charge is 0.220 e. The average Bonchev–Trinajstić information content (AvgIpc) is 3.02. The second kappa shape index (κ2) is 3.74. The van der Waals surface area contributed by atoms with Crippen LogP contribution >= 0.6 is 0 Å². The molecule has 1 aromatic rings. The van der Waals surface area contributed by atoms with Gasteiger partial charge in [0.15, 0.2) is 0 Å². The second-order valence-electron chi connectivity index (χ2n) is 3.41. The van der Waals surface area contributed by atoms with Gasteiger partial charge < -0.3 is 9.53 Å². The molecule has 0 N–H and O–H groups in total. The van der Waals surface area contributed by atoms with Crippen LogP contribution in [-0.2, 0) is 11.2 Å². The van der Waals surface area contributed by atoms with Crippen molar-refractivity contribution in [2.24, 2.45) is 0 Å². The van der Waals surface area contributed by atoms with E-state index in [1.165, 1.54) is 0 Å². The third kappa shape index (κ3) is 1.73. The third-order valence-corrected chi connectivity index (χ3v) is 2.28. The minimum absolute atomic E-state index is 0.314. The Kier molecular flexibility index (Phi) is 2.43. The van der Waals surface area contributed by atoms with Gasteiger partial charge in [0.2, 0.25) is 5.88 Å². The van der Waals surface area contributed by atoms with Crippen LogP contribution in [0.3, 0.4) is 0 Å². The summed E-state index contributed by atoms with van der Waals surface area (Å²) in [6.45, 7) is 0. The summed E-state index contributed by atoms with van der Waals surface area (Å²) in [5, 5.41) is 0. The van der Waals surface area contributed by atoms with Crippen LogP contribution in [0.25, 0.3) is 0 Å². The van der Waals surface area contributed by atoms with Gasteiger partial charge in [-0.3, -0.25) is 0 Å². The van der Waals surface area contributed by atoms with E-state index in [1.54, 1.807) is 13.3 Å². The number of aromatic nitrogens is 2. The van der Waals surface area contributed by atoms with E-state index in [-0.39, 0.29) is 0 Å². The summed E-state index contributed by atoms with van der Waals surface area (Å²) in [4.78, 5) is 18.9. The van der Waals surface area contributed by atoms with Crippen molar-refractivity contribution in [2.75, 3.05) is 7.11 Å². The van der Waals surface area contributed by atoms with E-state index in [2.05, 4.69) is 9.97 Å². The molecule has 1 aromatic heterocycles. The van der Waals surface area contributed by atoms with Gasteiger partial charge in [0.1, 0.15) is 12.1 Å². The third-order valence-electron chi connectivity index (χ3n) is 2.28. The lowest BCUT2D eigenvalue weighted by atomic mass is 10.2. The van der Waals surface area contributed by atoms with E-state index in [1.807, 2.05) is 0 Å². The number of carbonyl (C=O) groups excluding carboxylic acids is 1. The van der Waals surface area contributed by atoms with Gasteiger partial charge in [-0.15, -0.1) is 0 Å². The Balaban J connectivity index is 2.28. The summed E-state index contributed by atoms with van der Waals surface area (Å²) in [6, 6.07) is 0. The minimum Gasteiger partial charge on any atom is -0.481 e. The van der Waals surface area contributed by atoms with Crippen molar-refractivity contribution in [3.8, 4) is 5.88 Å². The maximum absolute atomic E-state index is 10.4. The zero-order valence-corrected chi connectivity index (χ0v) is 8.06. The van der Waals surface area contributed by atoms with Gasteiger partial charge >= 0.3 is 0 Å². The number of aldehydes is 1. The lowest BCUT2D eigenvalue weighted by Crippen LogP contribution is -2.01. The van der Waals surface area contributed by atoms with Crippen molar-refractivity contribution >= 4 is 6.29 Å². The normalized spacial score (nSPS) is 15.2. The summed E-state index contributed by atoms with van der Waals surface area (Å²) in [7, 11) is 1.56.